The summed E-state index contributed by atoms with van der Waals surface area (Å²) in [4.78, 5) is 2.29. The van der Waals surface area contributed by atoms with E-state index in [9.17, 15) is 17.6 Å². The maximum Gasteiger partial charge on any atom is 0.267 e. The van der Waals surface area contributed by atoms with Crippen LogP contribution in [0.3, 0.4) is 0 Å². The van der Waals surface area contributed by atoms with Gasteiger partial charge < -0.3 is 4.90 Å². The van der Waals surface area contributed by atoms with E-state index in [1.165, 1.54) is 17.2 Å². The molecule has 0 saturated carbocycles. The van der Waals surface area contributed by atoms with Crippen molar-refractivity contribution in [2.75, 3.05) is 26.3 Å². The van der Waals surface area contributed by atoms with E-state index in [-0.39, 0.29) is 6.67 Å². The highest BCUT2D eigenvalue weighted by molar-refractivity contribution is 6.00. The molecule has 0 radical (unpaired) electrons. The van der Waals surface area contributed by atoms with Gasteiger partial charge in [0, 0.05) is 19.6 Å². The minimum atomic E-state index is -2.89. The molecule has 5 rings (SSSR count). The van der Waals surface area contributed by atoms with Crippen molar-refractivity contribution < 1.29 is 17.6 Å². The van der Waals surface area contributed by atoms with Crippen molar-refractivity contribution in [1.82, 2.24) is 4.90 Å². The molecule has 5 heteroatoms. The fourth-order valence-corrected chi connectivity index (χ4v) is 5.76. The van der Waals surface area contributed by atoms with E-state index in [0.717, 1.165) is 67.2 Å². The number of aryl methyl sites for hydroxylation is 1. The molecular formula is C31H31F4N. The van der Waals surface area contributed by atoms with E-state index >= 15 is 0 Å². The standard InChI is InChI=1S/C31H31F4N/c32-16-5-17-36-19-22(20-36)18-21-12-14-24(15-13-21)29-25-8-2-1-6-23(25)7-3-9-26(29)27-10-4-11-28(33)30(27)31(34)35/h1-2,4,6,8,10-15,22,31H,3,5,7,9,16-20H2. The number of alkyl halides is 3. The van der Waals surface area contributed by atoms with Crippen molar-refractivity contribution in [3.63, 3.8) is 0 Å². The third-order valence-corrected chi connectivity index (χ3v) is 7.47. The van der Waals surface area contributed by atoms with Gasteiger partial charge in [-0.1, -0.05) is 60.7 Å². The fourth-order valence-electron chi connectivity index (χ4n) is 5.76. The van der Waals surface area contributed by atoms with E-state index in [0.29, 0.717) is 24.3 Å². The molecule has 0 bridgehead atoms. The molecule has 1 nitrogen and oxygen atoms in total. The molecule has 0 N–H and O–H groups in total. The van der Waals surface area contributed by atoms with Crippen LogP contribution in [0.5, 0.6) is 0 Å². The molecule has 2 aliphatic rings. The van der Waals surface area contributed by atoms with Crippen LogP contribution < -0.4 is 0 Å². The lowest BCUT2D eigenvalue weighted by atomic mass is 9.85. The zero-order valence-electron chi connectivity index (χ0n) is 20.3. The van der Waals surface area contributed by atoms with Crippen LogP contribution in [0.4, 0.5) is 17.6 Å². The van der Waals surface area contributed by atoms with Crippen LogP contribution >= 0.6 is 0 Å². The molecule has 1 heterocycles. The number of benzene rings is 3. The lowest BCUT2D eigenvalue weighted by Gasteiger charge is -2.39. The molecule has 1 fully saturated rings. The summed E-state index contributed by atoms with van der Waals surface area (Å²) in [5, 5.41) is 0. The Morgan fingerprint density at radius 1 is 0.861 bits per heavy atom. The Morgan fingerprint density at radius 3 is 2.36 bits per heavy atom. The molecular weight excluding hydrogens is 462 g/mol. The second kappa shape index (κ2) is 11.0. The molecule has 0 unspecified atom stereocenters. The van der Waals surface area contributed by atoms with Crippen LogP contribution in [0.1, 0.15) is 59.1 Å². The molecule has 0 atom stereocenters. The minimum Gasteiger partial charge on any atom is -0.303 e. The molecule has 3 aromatic rings. The molecule has 1 saturated heterocycles. The van der Waals surface area contributed by atoms with Crippen LogP contribution in [0, 0.1) is 11.7 Å². The van der Waals surface area contributed by atoms with Gasteiger partial charge in [0.2, 0.25) is 0 Å². The summed E-state index contributed by atoms with van der Waals surface area (Å²) in [6, 6.07) is 20.8. The minimum absolute atomic E-state index is 0.266. The fraction of sp³-hybridized carbons (Fsp3) is 0.355. The summed E-state index contributed by atoms with van der Waals surface area (Å²) >= 11 is 0. The van der Waals surface area contributed by atoms with Crippen LogP contribution in [0.25, 0.3) is 11.1 Å². The van der Waals surface area contributed by atoms with E-state index < -0.39 is 17.8 Å². The van der Waals surface area contributed by atoms with Gasteiger partial charge in [0.05, 0.1) is 12.2 Å². The predicted molar refractivity (Wildman–Crippen MR) is 137 cm³/mol. The summed E-state index contributed by atoms with van der Waals surface area (Å²) in [5.74, 6) is -0.284. The zero-order valence-corrected chi connectivity index (χ0v) is 20.3. The van der Waals surface area contributed by atoms with Gasteiger partial charge in [-0.3, -0.25) is 4.39 Å². The van der Waals surface area contributed by atoms with Gasteiger partial charge in [0.25, 0.3) is 6.43 Å². The average molecular weight is 494 g/mol. The molecule has 0 spiro atoms. The number of fused-ring (bicyclic) bond motifs is 1. The zero-order chi connectivity index (χ0) is 25.1. The van der Waals surface area contributed by atoms with Crippen LogP contribution in [-0.2, 0) is 12.8 Å². The topological polar surface area (TPSA) is 3.24 Å². The summed E-state index contributed by atoms with van der Waals surface area (Å²) in [6.45, 7) is 2.56. The van der Waals surface area contributed by atoms with Gasteiger partial charge in [-0.15, -0.1) is 0 Å². The van der Waals surface area contributed by atoms with Gasteiger partial charge in [-0.05, 0) is 83.1 Å². The quantitative estimate of drug-likeness (QED) is 0.288. The average Bonchev–Trinajstić information content (AvgIpc) is 3.05. The van der Waals surface area contributed by atoms with Gasteiger partial charge in [0.1, 0.15) is 5.82 Å². The molecule has 188 valence electrons. The van der Waals surface area contributed by atoms with E-state index in [1.54, 1.807) is 6.07 Å². The molecule has 1 aliphatic heterocycles. The lowest BCUT2D eigenvalue weighted by molar-refractivity contribution is 0.0968. The van der Waals surface area contributed by atoms with E-state index in [4.69, 9.17) is 0 Å². The van der Waals surface area contributed by atoms with Crippen LogP contribution in [-0.4, -0.2) is 31.2 Å². The highest BCUT2D eigenvalue weighted by Crippen LogP contribution is 2.42. The highest BCUT2D eigenvalue weighted by Gasteiger charge is 2.27. The second-order valence-corrected chi connectivity index (χ2v) is 9.94. The second-order valence-electron chi connectivity index (χ2n) is 9.94. The smallest absolute Gasteiger partial charge is 0.267 e. The van der Waals surface area contributed by atoms with Crippen molar-refractivity contribution in [3.8, 4) is 0 Å². The van der Waals surface area contributed by atoms with Crippen molar-refractivity contribution >= 4 is 11.1 Å². The summed E-state index contributed by atoms with van der Waals surface area (Å²) in [5.41, 5.74) is 5.91. The Labute approximate surface area is 210 Å². The van der Waals surface area contributed by atoms with Crippen molar-refractivity contribution in [1.29, 1.82) is 0 Å². The molecule has 36 heavy (non-hydrogen) atoms. The lowest BCUT2D eigenvalue weighted by Crippen LogP contribution is -2.47. The number of hydrogen-bond acceptors (Lipinski definition) is 1. The third-order valence-electron chi connectivity index (χ3n) is 7.47. The number of nitrogens with zero attached hydrogens (tertiary/aromatic N) is 1. The van der Waals surface area contributed by atoms with Crippen molar-refractivity contribution in [2.24, 2.45) is 5.92 Å². The first-order valence-corrected chi connectivity index (χ1v) is 12.8. The molecule has 1 aliphatic carbocycles. The Morgan fingerprint density at radius 2 is 1.61 bits per heavy atom. The number of allylic oxidation sites excluding steroid dienone is 1. The highest BCUT2D eigenvalue weighted by atomic mass is 19.3. The largest absolute Gasteiger partial charge is 0.303 e. The van der Waals surface area contributed by atoms with Crippen LogP contribution in [0.15, 0.2) is 66.7 Å². The first-order valence-electron chi connectivity index (χ1n) is 12.8. The van der Waals surface area contributed by atoms with E-state index in [1.807, 2.05) is 18.2 Å². The number of likely N-dealkylation sites (tertiary alicyclic amines) is 1. The van der Waals surface area contributed by atoms with Gasteiger partial charge >= 0.3 is 0 Å². The molecule has 0 aromatic heterocycles. The summed E-state index contributed by atoms with van der Waals surface area (Å²) in [7, 11) is 0. The maximum absolute atomic E-state index is 14.6. The Kier molecular flexibility index (Phi) is 7.56. The van der Waals surface area contributed by atoms with Gasteiger partial charge in [0.15, 0.2) is 0 Å². The predicted octanol–water partition coefficient (Wildman–Crippen LogP) is 7.89. The van der Waals surface area contributed by atoms with E-state index in [2.05, 4.69) is 35.2 Å². The first kappa shape index (κ1) is 24.8. The number of hydrogen-bond donors (Lipinski definition) is 0. The Bertz CT molecular complexity index is 1230. The maximum atomic E-state index is 14.6. The Balaban J connectivity index is 1.51. The summed E-state index contributed by atoms with van der Waals surface area (Å²) in [6.07, 6.45) is 0.941. The Hall–Kier alpha value is -2.92. The number of rotatable bonds is 8. The summed E-state index contributed by atoms with van der Waals surface area (Å²) < 4.78 is 55.0. The van der Waals surface area contributed by atoms with Gasteiger partial charge in [-0.25, -0.2) is 13.2 Å². The van der Waals surface area contributed by atoms with Crippen molar-refractivity contribution in [2.45, 2.75) is 38.5 Å². The van der Waals surface area contributed by atoms with Crippen molar-refractivity contribution in [3.05, 3.63) is 106 Å². The number of halogens is 4. The molecule has 3 aromatic carbocycles. The molecule has 0 amide bonds. The first-order chi connectivity index (χ1) is 17.5. The van der Waals surface area contributed by atoms with Crippen LogP contribution in [0.2, 0.25) is 0 Å². The monoisotopic (exact) mass is 493 g/mol. The van der Waals surface area contributed by atoms with Gasteiger partial charge in [-0.2, -0.15) is 0 Å². The normalized spacial score (nSPS) is 16.7. The third kappa shape index (κ3) is 5.12. The SMILES string of the molecule is FCCCN1CC(Cc2ccc(C3=C(c4cccc(F)c4C(F)F)CCCc4ccccc43)cc2)C1.